The van der Waals surface area contributed by atoms with Crippen molar-refractivity contribution in [3.63, 3.8) is 0 Å². The zero-order valence-electron chi connectivity index (χ0n) is 14.0. The Morgan fingerprint density at radius 1 is 1.23 bits per heavy atom. The maximum Gasteiger partial charge on any atom is 0.253 e. The first-order valence-electron chi connectivity index (χ1n) is 7.93. The molecule has 0 fully saturated rings. The second-order valence-electron chi connectivity index (χ2n) is 6.05. The van der Waals surface area contributed by atoms with Crippen LogP contribution in [0.2, 0.25) is 0 Å². The molecule has 134 valence electrons. The van der Waals surface area contributed by atoms with Crippen LogP contribution in [-0.4, -0.2) is 27.3 Å². The predicted molar refractivity (Wildman–Crippen MR) is 91.8 cm³/mol. The van der Waals surface area contributed by atoms with E-state index < -0.39 is 23.1 Å². The highest BCUT2D eigenvalue weighted by Crippen LogP contribution is 2.24. The fourth-order valence-electron chi connectivity index (χ4n) is 2.65. The maximum atomic E-state index is 13.9. The first-order chi connectivity index (χ1) is 12.4. The smallest absolute Gasteiger partial charge is 0.253 e. The van der Waals surface area contributed by atoms with Gasteiger partial charge in [0.1, 0.15) is 17.2 Å². The van der Waals surface area contributed by atoms with Gasteiger partial charge in [0.2, 0.25) is 0 Å². The summed E-state index contributed by atoms with van der Waals surface area (Å²) in [5, 5.41) is 17.2. The summed E-state index contributed by atoms with van der Waals surface area (Å²) in [6.45, 7) is 1.10. The molecule has 0 aliphatic rings. The number of hydrogen-bond acceptors (Lipinski definition) is 3. The summed E-state index contributed by atoms with van der Waals surface area (Å²) in [5.41, 5.74) is -0.873. The van der Waals surface area contributed by atoms with Crippen LogP contribution in [0.5, 0.6) is 0 Å². The molecule has 3 aromatic rings. The Morgan fingerprint density at radius 2 is 2.00 bits per heavy atom. The minimum Gasteiger partial charge on any atom is -0.383 e. The number of rotatable bonds is 5. The number of benzene rings is 2. The zero-order chi connectivity index (χ0) is 18.7. The molecule has 2 N–H and O–H groups in total. The van der Waals surface area contributed by atoms with Crippen molar-refractivity contribution < 1.29 is 18.7 Å². The Balaban J connectivity index is 1.79. The number of aromatic nitrogens is 2. The number of nitrogens with one attached hydrogen (secondary N) is 1. The van der Waals surface area contributed by atoms with Crippen LogP contribution in [-0.2, 0) is 5.60 Å². The van der Waals surface area contributed by atoms with E-state index in [-0.39, 0.29) is 12.1 Å². The molecular formula is C19H17F2N3O2. The molecule has 1 heterocycles. The molecule has 1 unspecified atom stereocenters. The van der Waals surface area contributed by atoms with Crippen molar-refractivity contribution in [1.29, 1.82) is 0 Å². The monoisotopic (exact) mass is 357 g/mol. The summed E-state index contributed by atoms with van der Waals surface area (Å²) < 4.78 is 28.5. The van der Waals surface area contributed by atoms with E-state index in [0.29, 0.717) is 17.3 Å². The van der Waals surface area contributed by atoms with Crippen LogP contribution in [0.25, 0.3) is 5.69 Å². The van der Waals surface area contributed by atoms with Crippen LogP contribution in [0.4, 0.5) is 8.78 Å². The lowest BCUT2D eigenvalue weighted by Crippen LogP contribution is -2.39. The van der Waals surface area contributed by atoms with Crippen LogP contribution in [0.15, 0.2) is 60.9 Å². The topological polar surface area (TPSA) is 67.2 Å². The summed E-state index contributed by atoms with van der Waals surface area (Å²) in [6.07, 6.45) is 3.30. The first-order valence-corrected chi connectivity index (χ1v) is 7.93. The van der Waals surface area contributed by atoms with Crippen molar-refractivity contribution in [2.75, 3.05) is 6.54 Å². The van der Waals surface area contributed by atoms with Gasteiger partial charge in [-0.05, 0) is 31.2 Å². The third-order valence-corrected chi connectivity index (χ3v) is 4.00. The van der Waals surface area contributed by atoms with Gasteiger partial charge in [-0.2, -0.15) is 5.10 Å². The fourth-order valence-corrected chi connectivity index (χ4v) is 2.65. The molecule has 0 spiro atoms. The normalized spacial score (nSPS) is 13.2. The summed E-state index contributed by atoms with van der Waals surface area (Å²) in [5.74, 6) is -2.06. The zero-order valence-corrected chi connectivity index (χ0v) is 14.0. The maximum absolute atomic E-state index is 13.9. The lowest BCUT2D eigenvalue weighted by atomic mass is 9.95. The molecule has 0 saturated heterocycles. The highest BCUT2D eigenvalue weighted by molar-refractivity contribution is 5.97. The number of hydrogen-bond donors (Lipinski definition) is 2. The van der Waals surface area contributed by atoms with Gasteiger partial charge in [-0.1, -0.05) is 18.2 Å². The van der Waals surface area contributed by atoms with Crippen molar-refractivity contribution in [2.24, 2.45) is 0 Å². The standard InChI is InChI=1S/C19H17F2N3O2/c1-19(26,15-8-7-13(20)11-16(15)21)12-22-18(25)14-5-2-3-6-17(14)24-10-4-9-23-24/h2-11,26H,12H2,1H3,(H,22,25). The number of carbonyl (C=O) groups excluding carboxylic acids is 1. The average Bonchev–Trinajstić information content (AvgIpc) is 3.14. The van der Waals surface area contributed by atoms with Gasteiger partial charge >= 0.3 is 0 Å². The van der Waals surface area contributed by atoms with Crippen molar-refractivity contribution in [2.45, 2.75) is 12.5 Å². The van der Waals surface area contributed by atoms with Gasteiger partial charge in [0.15, 0.2) is 0 Å². The van der Waals surface area contributed by atoms with Gasteiger partial charge in [0, 0.05) is 24.0 Å². The molecule has 0 radical (unpaired) electrons. The molecule has 1 amide bonds. The second-order valence-corrected chi connectivity index (χ2v) is 6.05. The van der Waals surface area contributed by atoms with Crippen LogP contribution < -0.4 is 5.32 Å². The molecule has 0 saturated carbocycles. The van der Waals surface area contributed by atoms with E-state index in [4.69, 9.17) is 0 Å². The third-order valence-electron chi connectivity index (χ3n) is 4.00. The third kappa shape index (κ3) is 3.62. The Bertz CT molecular complexity index is 924. The quantitative estimate of drug-likeness (QED) is 0.738. The summed E-state index contributed by atoms with van der Waals surface area (Å²) in [7, 11) is 0. The SMILES string of the molecule is CC(O)(CNC(=O)c1ccccc1-n1cccn1)c1ccc(F)cc1F. The number of nitrogens with zero attached hydrogens (tertiary/aromatic N) is 2. The highest BCUT2D eigenvalue weighted by Gasteiger charge is 2.28. The molecule has 0 aliphatic heterocycles. The van der Waals surface area contributed by atoms with Crippen LogP contribution in [0.3, 0.4) is 0 Å². The largest absolute Gasteiger partial charge is 0.383 e. The van der Waals surface area contributed by atoms with Gasteiger partial charge in [-0.15, -0.1) is 0 Å². The van der Waals surface area contributed by atoms with Crippen molar-refractivity contribution in [3.05, 3.63) is 83.7 Å². The van der Waals surface area contributed by atoms with E-state index in [1.165, 1.54) is 6.92 Å². The van der Waals surface area contributed by atoms with Gasteiger partial charge in [-0.3, -0.25) is 4.79 Å². The Kier molecular flexibility index (Phi) is 4.81. The van der Waals surface area contributed by atoms with Gasteiger partial charge in [0.05, 0.1) is 17.8 Å². The molecule has 7 heteroatoms. The van der Waals surface area contributed by atoms with E-state index in [0.717, 1.165) is 12.1 Å². The van der Waals surface area contributed by atoms with Crippen LogP contribution >= 0.6 is 0 Å². The number of para-hydroxylation sites is 1. The number of carbonyl (C=O) groups is 1. The number of aliphatic hydroxyl groups is 1. The van der Waals surface area contributed by atoms with E-state index >= 15 is 0 Å². The molecule has 0 bridgehead atoms. The van der Waals surface area contributed by atoms with Crippen molar-refractivity contribution in [1.82, 2.24) is 15.1 Å². The van der Waals surface area contributed by atoms with Crippen molar-refractivity contribution >= 4 is 5.91 Å². The van der Waals surface area contributed by atoms with E-state index in [2.05, 4.69) is 10.4 Å². The van der Waals surface area contributed by atoms with Gasteiger partial charge in [-0.25, -0.2) is 13.5 Å². The van der Waals surface area contributed by atoms with Gasteiger partial charge in [0.25, 0.3) is 5.91 Å². The molecule has 26 heavy (non-hydrogen) atoms. The van der Waals surface area contributed by atoms with Crippen LogP contribution in [0, 0.1) is 11.6 Å². The first kappa shape index (κ1) is 17.8. The summed E-state index contributed by atoms with van der Waals surface area (Å²) in [4.78, 5) is 12.6. The lowest BCUT2D eigenvalue weighted by Gasteiger charge is -2.25. The minimum atomic E-state index is -1.70. The van der Waals surface area contributed by atoms with E-state index in [9.17, 15) is 18.7 Å². The summed E-state index contributed by atoms with van der Waals surface area (Å²) in [6, 6.07) is 11.5. The Hall–Kier alpha value is -3.06. The molecular weight excluding hydrogens is 340 g/mol. The molecule has 5 nitrogen and oxygen atoms in total. The van der Waals surface area contributed by atoms with Crippen molar-refractivity contribution in [3.8, 4) is 5.69 Å². The molecule has 1 atom stereocenters. The molecule has 0 aliphatic carbocycles. The Morgan fingerprint density at radius 3 is 2.69 bits per heavy atom. The Labute approximate surface area is 148 Å². The van der Waals surface area contributed by atoms with E-state index in [1.54, 1.807) is 47.4 Å². The predicted octanol–water partition coefficient (Wildman–Crippen LogP) is 2.79. The number of amides is 1. The fraction of sp³-hybridized carbons (Fsp3) is 0.158. The van der Waals surface area contributed by atoms with Gasteiger partial charge < -0.3 is 10.4 Å². The summed E-state index contributed by atoms with van der Waals surface area (Å²) >= 11 is 0. The highest BCUT2D eigenvalue weighted by atomic mass is 19.1. The average molecular weight is 357 g/mol. The van der Waals surface area contributed by atoms with E-state index in [1.807, 2.05) is 0 Å². The molecule has 3 rings (SSSR count). The second kappa shape index (κ2) is 7.05. The minimum absolute atomic E-state index is 0.0976. The lowest BCUT2D eigenvalue weighted by molar-refractivity contribution is 0.0494. The number of halogens is 2. The molecule has 1 aromatic heterocycles. The van der Waals surface area contributed by atoms with Crippen LogP contribution in [0.1, 0.15) is 22.8 Å². The molecule has 2 aromatic carbocycles.